The molecule has 1 unspecified atom stereocenters. The molecule has 0 amide bonds. The van der Waals surface area contributed by atoms with Gasteiger partial charge in [0.15, 0.2) is 5.96 Å². The molecule has 1 aromatic heterocycles. The average Bonchev–Trinajstić information content (AvgIpc) is 3.08. The van der Waals surface area contributed by atoms with Gasteiger partial charge < -0.3 is 19.8 Å². The van der Waals surface area contributed by atoms with Gasteiger partial charge in [-0.25, -0.2) is 0 Å². The van der Waals surface area contributed by atoms with Gasteiger partial charge in [-0.2, -0.15) is 0 Å². The highest BCUT2D eigenvalue weighted by molar-refractivity contribution is 14.0. The monoisotopic (exact) mass is 490 g/mol. The van der Waals surface area contributed by atoms with E-state index in [4.69, 9.17) is 9.15 Å². The van der Waals surface area contributed by atoms with E-state index in [1.54, 1.807) is 6.26 Å². The zero-order valence-electron chi connectivity index (χ0n) is 16.7. The maximum atomic E-state index is 5.70. The summed E-state index contributed by atoms with van der Waals surface area (Å²) >= 11 is 0. The van der Waals surface area contributed by atoms with Crippen molar-refractivity contribution >= 4 is 29.9 Å². The van der Waals surface area contributed by atoms with Crippen molar-refractivity contribution < 1.29 is 9.15 Å². The van der Waals surface area contributed by atoms with Crippen molar-refractivity contribution in [2.45, 2.75) is 45.1 Å². The molecule has 2 aliphatic rings. The van der Waals surface area contributed by atoms with E-state index < -0.39 is 0 Å². The number of rotatable bonds is 10. The van der Waals surface area contributed by atoms with Crippen LogP contribution in [-0.4, -0.2) is 57.3 Å². The number of aliphatic imine (C=N–C) groups is 1. The molecule has 1 aliphatic carbocycles. The Bertz CT molecular complexity index is 554. The van der Waals surface area contributed by atoms with E-state index in [9.17, 15) is 0 Å². The van der Waals surface area contributed by atoms with Crippen LogP contribution in [0.25, 0.3) is 0 Å². The second-order valence-electron chi connectivity index (χ2n) is 7.53. The smallest absolute Gasteiger partial charge is 0.191 e. The Balaban J connectivity index is 0.00000261. The van der Waals surface area contributed by atoms with Gasteiger partial charge in [0.05, 0.1) is 12.3 Å². The van der Waals surface area contributed by atoms with E-state index in [1.165, 1.54) is 25.7 Å². The molecule has 0 radical (unpaired) electrons. The van der Waals surface area contributed by atoms with Crippen LogP contribution < -0.4 is 10.6 Å². The van der Waals surface area contributed by atoms with E-state index in [2.05, 4.69) is 33.5 Å². The molecule has 0 spiro atoms. The van der Waals surface area contributed by atoms with Gasteiger partial charge in [-0.3, -0.25) is 9.89 Å². The number of ether oxygens (including phenoxy) is 1. The molecule has 7 heteroatoms. The molecule has 0 bridgehead atoms. The summed E-state index contributed by atoms with van der Waals surface area (Å²) < 4.78 is 11.2. The van der Waals surface area contributed by atoms with E-state index in [0.29, 0.717) is 5.41 Å². The molecule has 2 fully saturated rings. The minimum atomic E-state index is 0. The van der Waals surface area contributed by atoms with Gasteiger partial charge in [-0.15, -0.1) is 24.0 Å². The number of likely N-dealkylation sites (tertiary alicyclic amines) is 1. The lowest BCUT2D eigenvalue weighted by Gasteiger charge is -2.27. The molecule has 0 aromatic carbocycles. The van der Waals surface area contributed by atoms with E-state index >= 15 is 0 Å². The van der Waals surface area contributed by atoms with Gasteiger partial charge in [0.2, 0.25) is 0 Å². The Labute approximate surface area is 180 Å². The molecule has 1 aromatic rings. The average molecular weight is 490 g/mol. The van der Waals surface area contributed by atoms with Gasteiger partial charge >= 0.3 is 0 Å². The zero-order valence-corrected chi connectivity index (χ0v) is 19.0. The predicted molar refractivity (Wildman–Crippen MR) is 120 cm³/mol. The molecular formula is C20H35IN4O2. The summed E-state index contributed by atoms with van der Waals surface area (Å²) in [5.41, 5.74) is 0.405. The third-order valence-corrected chi connectivity index (χ3v) is 5.71. The van der Waals surface area contributed by atoms with Gasteiger partial charge in [-0.1, -0.05) is 0 Å². The molecule has 1 saturated carbocycles. The first-order chi connectivity index (χ1) is 12.8. The Kier molecular flexibility index (Phi) is 9.38. The summed E-state index contributed by atoms with van der Waals surface area (Å²) in [4.78, 5) is 6.91. The SMILES string of the molecule is CCOCCC1(CNC(=NC)NCC(c2ccco2)N2CCCC2)CC1.I. The lowest BCUT2D eigenvalue weighted by Crippen LogP contribution is -2.44. The van der Waals surface area contributed by atoms with Crippen molar-refractivity contribution in [1.29, 1.82) is 0 Å². The maximum absolute atomic E-state index is 5.70. The molecule has 2 N–H and O–H groups in total. The van der Waals surface area contributed by atoms with Crippen molar-refractivity contribution in [3.8, 4) is 0 Å². The first-order valence-electron chi connectivity index (χ1n) is 10.1. The molecule has 1 aliphatic heterocycles. The zero-order chi connectivity index (χ0) is 18.2. The minimum Gasteiger partial charge on any atom is -0.468 e. The number of halogens is 1. The highest BCUT2D eigenvalue weighted by Gasteiger charge is 2.42. The summed E-state index contributed by atoms with van der Waals surface area (Å²) in [5, 5.41) is 7.03. The fourth-order valence-corrected chi connectivity index (χ4v) is 3.75. The van der Waals surface area contributed by atoms with Crippen LogP contribution in [0.5, 0.6) is 0 Å². The molecule has 27 heavy (non-hydrogen) atoms. The standard InChI is InChI=1S/C20H34N4O2.HI/c1-3-25-14-10-20(8-9-20)16-23-19(21-2)22-15-17(18-7-6-13-26-18)24-11-4-5-12-24;/h6-7,13,17H,3-5,8-12,14-16H2,1-2H3,(H2,21,22,23);1H. The number of nitrogens with one attached hydrogen (secondary N) is 2. The Morgan fingerprint density at radius 3 is 2.70 bits per heavy atom. The van der Waals surface area contributed by atoms with Crippen LogP contribution >= 0.6 is 24.0 Å². The van der Waals surface area contributed by atoms with Gasteiger partial charge in [0, 0.05) is 33.4 Å². The third-order valence-electron chi connectivity index (χ3n) is 5.71. The van der Waals surface area contributed by atoms with Crippen molar-refractivity contribution in [2.75, 3.05) is 46.4 Å². The Morgan fingerprint density at radius 2 is 2.11 bits per heavy atom. The second kappa shape index (κ2) is 11.3. The highest BCUT2D eigenvalue weighted by atomic mass is 127. The van der Waals surface area contributed by atoms with Crippen molar-refractivity contribution in [1.82, 2.24) is 15.5 Å². The summed E-state index contributed by atoms with van der Waals surface area (Å²) in [7, 11) is 1.84. The summed E-state index contributed by atoms with van der Waals surface area (Å²) in [6.45, 7) is 7.77. The van der Waals surface area contributed by atoms with Crippen LogP contribution in [0.4, 0.5) is 0 Å². The Morgan fingerprint density at radius 1 is 1.33 bits per heavy atom. The number of furan rings is 1. The van der Waals surface area contributed by atoms with Crippen LogP contribution in [0.15, 0.2) is 27.8 Å². The third kappa shape index (κ3) is 6.64. The fourth-order valence-electron chi connectivity index (χ4n) is 3.75. The molecule has 1 saturated heterocycles. The summed E-state index contributed by atoms with van der Waals surface area (Å²) in [5.74, 6) is 1.91. The molecule has 1 atom stereocenters. The van der Waals surface area contributed by atoms with Crippen molar-refractivity contribution in [2.24, 2.45) is 10.4 Å². The number of hydrogen-bond acceptors (Lipinski definition) is 4. The van der Waals surface area contributed by atoms with Crippen LogP contribution in [0.1, 0.15) is 50.8 Å². The highest BCUT2D eigenvalue weighted by Crippen LogP contribution is 2.48. The van der Waals surface area contributed by atoms with Gasteiger partial charge in [-0.05, 0) is 69.7 Å². The van der Waals surface area contributed by atoms with E-state index in [1.807, 2.05) is 13.1 Å². The summed E-state index contributed by atoms with van der Waals surface area (Å²) in [6, 6.07) is 4.31. The maximum Gasteiger partial charge on any atom is 0.191 e. The predicted octanol–water partition coefficient (Wildman–Crippen LogP) is 3.41. The van der Waals surface area contributed by atoms with Crippen LogP contribution in [0, 0.1) is 5.41 Å². The first kappa shape index (κ1) is 22.5. The number of guanidine groups is 1. The van der Waals surface area contributed by atoms with Gasteiger partial charge in [0.25, 0.3) is 0 Å². The normalized spacial score (nSPS) is 20.1. The topological polar surface area (TPSA) is 62.0 Å². The lowest BCUT2D eigenvalue weighted by molar-refractivity contribution is 0.128. The quantitative estimate of drug-likeness (QED) is 0.228. The Hall–Kier alpha value is -0.800. The summed E-state index contributed by atoms with van der Waals surface area (Å²) in [6.07, 6.45) is 8.01. The lowest BCUT2D eigenvalue weighted by atomic mass is 10.0. The largest absolute Gasteiger partial charge is 0.468 e. The second-order valence-corrected chi connectivity index (χ2v) is 7.53. The first-order valence-corrected chi connectivity index (χ1v) is 10.1. The molecule has 3 rings (SSSR count). The van der Waals surface area contributed by atoms with Crippen LogP contribution in [-0.2, 0) is 4.74 Å². The molecule has 2 heterocycles. The molecule has 154 valence electrons. The van der Waals surface area contributed by atoms with Crippen molar-refractivity contribution in [3.63, 3.8) is 0 Å². The van der Waals surface area contributed by atoms with Crippen LogP contribution in [0.2, 0.25) is 0 Å². The fraction of sp³-hybridized carbons (Fsp3) is 0.750. The van der Waals surface area contributed by atoms with Gasteiger partial charge in [0.1, 0.15) is 5.76 Å². The van der Waals surface area contributed by atoms with Crippen molar-refractivity contribution in [3.05, 3.63) is 24.2 Å². The molecular weight excluding hydrogens is 455 g/mol. The van der Waals surface area contributed by atoms with E-state index in [0.717, 1.165) is 57.5 Å². The number of hydrogen-bond donors (Lipinski definition) is 2. The molecule has 6 nitrogen and oxygen atoms in total. The number of nitrogens with zero attached hydrogens (tertiary/aromatic N) is 2. The van der Waals surface area contributed by atoms with Crippen LogP contribution in [0.3, 0.4) is 0 Å². The minimum absolute atomic E-state index is 0. The van der Waals surface area contributed by atoms with E-state index in [-0.39, 0.29) is 30.0 Å².